The standard InChI is InChI=1S/C41H33N7O5/c1-23(2)30-16-26(17-31-27(22-49)20-45-38(30)31)29-9-3-6-24-18-36(44-21-32(24)29)25-11-12-33(43-19-25)39(51)42-15-5-8-28-7-4-10-34(46-28)40(52)47-35-13-14-37(50)48-41(35)53/h3-4,6-7,9-12,16-23,35,45H,13-15H2,1-2H3,(H,42,51)(H,47,52)(H,48,50,53). The Morgan fingerprint density at radius 1 is 0.943 bits per heavy atom. The van der Waals surface area contributed by atoms with Crippen molar-refractivity contribution in [2.24, 2.45) is 0 Å². The lowest BCUT2D eigenvalue weighted by Crippen LogP contribution is -2.52. The van der Waals surface area contributed by atoms with Gasteiger partial charge in [-0.3, -0.25) is 39.3 Å². The maximum absolute atomic E-state index is 12.8. The van der Waals surface area contributed by atoms with Crippen molar-refractivity contribution in [3.63, 3.8) is 0 Å². The van der Waals surface area contributed by atoms with Crippen LogP contribution >= 0.6 is 0 Å². The van der Waals surface area contributed by atoms with Crippen LogP contribution in [0.4, 0.5) is 0 Å². The smallest absolute Gasteiger partial charge is 0.270 e. The van der Waals surface area contributed by atoms with Crippen LogP contribution in [-0.2, 0) is 9.59 Å². The lowest BCUT2D eigenvalue weighted by Gasteiger charge is -2.21. The predicted molar refractivity (Wildman–Crippen MR) is 199 cm³/mol. The Bertz CT molecular complexity index is 2510. The van der Waals surface area contributed by atoms with Gasteiger partial charge in [-0.2, -0.15) is 0 Å². The minimum absolute atomic E-state index is 0.0113. The van der Waals surface area contributed by atoms with Crippen molar-refractivity contribution < 1.29 is 24.0 Å². The summed E-state index contributed by atoms with van der Waals surface area (Å²) in [4.78, 5) is 77.1. The number of hydrogen-bond acceptors (Lipinski definition) is 8. The maximum Gasteiger partial charge on any atom is 0.270 e. The first-order valence-corrected chi connectivity index (χ1v) is 17.0. The second kappa shape index (κ2) is 14.7. The van der Waals surface area contributed by atoms with Crippen molar-refractivity contribution in [3.05, 3.63) is 114 Å². The van der Waals surface area contributed by atoms with Gasteiger partial charge in [-0.1, -0.05) is 44.0 Å². The third kappa shape index (κ3) is 7.27. The number of piperidine rings is 1. The van der Waals surface area contributed by atoms with E-state index in [2.05, 4.69) is 68.7 Å². The Morgan fingerprint density at radius 3 is 2.57 bits per heavy atom. The fourth-order valence-corrected chi connectivity index (χ4v) is 6.29. The SMILES string of the molecule is CC(C)c1cc(-c2cccc3cc(-c4ccc(C(=O)NCC#Cc5cccc(C(=O)NC6CCC(=O)NC6=O)n5)nc4)ncc23)cc2c(C=O)c[nH]c12. The van der Waals surface area contributed by atoms with E-state index in [1.165, 1.54) is 6.07 Å². The topological polar surface area (TPSA) is 176 Å². The Morgan fingerprint density at radius 2 is 1.79 bits per heavy atom. The van der Waals surface area contributed by atoms with E-state index < -0.39 is 23.8 Å². The number of pyridine rings is 3. The quantitative estimate of drug-likeness (QED) is 0.0963. The predicted octanol–water partition coefficient (Wildman–Crippen LogP) is 5.09. The average Bonchev–Trinajstić information content (AvgIpc) is 3.60. The molecule has 1 aliphatic rings. The summed E-state index contributed by atoms with van der Waals surface area (Å²) in [5, 5.41) is 10.3. The highest BCUT2D eigenvalue weighted by Gasteiger charge is 2.28. The van der Waals surface area contributed by atoms with Gasteiger partial charge in [-0.15, -0.1) is 0 Å². The van der Waals surface area contributed by atoms with Gasteiger partial charge >= 0.3 is 0 Å². The molecule has 4 aromatic heterocycles. The molecule has 1 unspecified atom stereocenters. The molecule has 0 radical (unpaired) electrons. The second-order valence-corrected chi connectivity index (χ2v) is 12.9. The Labute approximate surface area is 303 Å². The van der Waals surface area contributed by atoms with Gasteiger partial charge < -0.3 is 15.6 Å². The largest absolute Gasteiger partial charge is 0.360 e. The van der Waals surface area contributed by atoms with Crippen LogP contribution in [-0.4, -0.2) is 62.4 Å². The summed E-state index contributed by atoms with van der Waals surface area (Å²) in [5.41, 5.74) is 6.77. The number of benzene rings is 2. The lowest BCUT2D eigenvalue weighted by atomic mass is 9.92. The summed E-state index contributed by atoms with van der Waals surface area (Å²) in [5.74, 6) is 4.00. The molecule has 1 aliphatic heterocycles. The number of aromatic amines is 1. The molecule has 6 aromatic rings. The molecule has 1 fully saturated rings. The molecule has 2 aromatic carbocycles. The molecule has 1 atom stereocenters. The number of amides is 4. The van der Waals surface area contributed by atoms with Crippen LogP contribution in [0.2, 0.25) is 0 Å². The average molecular weight is 704 g/mol. The number of imide groups is 1. The first-order chi connectivity index (χ1) is 25.7. The molecule has 4 amide bonds. The number of aromatic nitrogens is 4. The first-order valence-electron chi connectivity index (χ1n) is 17.0. The molecule has 12 heteroatoms. The van der Waals surface area contributed by atoms with Crippen LogP contribution in [0.5, 0.6) is 0 Å². The van der Waals surface area contributed by atoms with E-state index in [-0.39, 0.29) is 42.6 Å². The van der Waals surface area contributed by atoms with Gasteiger partial charge in [0, 0.05) is 52.4 Å². The van der Waals surface area contributed by atoms with Crippen LogP contribution in [0.25, 0.3) is 44.1 Å². The van der Waals surface area contributed by atoms with Gasteiger partial charge in [-0.25, -0.2) is 4.98 Å². The summed E-state index contributed by atoms with van der Waals surface area (Å²) in [6.07, 6.45) is 6.42. The number of rotatable bonds is 8. The van der Waals surface area contributed by atoms with Crippen molar-refractivity contribution in [2.45, 2.75) is 38.6 Å². The van der Waals surface area contributed by atoms with Crippen molar-refractivity contribution >= 4 is 51.6 Å². The van der Waals surface area contributed by atoms with E-state index in [1.807, 2.05) is 30.5 Å². The highest BCUT2D eigenvalue weighted by Crippen LogP contribution is 2.36. The minimum atomic E-state index is -0.817. The molecule has 0 bridgehead atoms. The third-order valence-electron chi connectivity index (χ3n) is 9.05. The number of hydrogen-bond donors (Lipinski definition) is 4. The number of aldehydes is 1. The molecule has 262 valence electrons. The monoisotopic (exact) mass is 703 g/mol. The number of nitrogens with one attached hydrogen (secondary N) is 4. The lowest BCUT2D eigenvalue weighted by molar-refractivity contribution is -0.134. The van der Waals surface area contributed by atoms with E-state index in [0.29, 0.717) is 17.0 Å². The van der Waals surface area contributed by atoms with Gasteiger partial charge in [0.2, 0.25) is 11.8 Å². The molecule has 53 heavy (non-hydrogen) atoms. The highest BCUT2D eigenvalue weighted by atomic mass is 16.2. The van der Waals surface area contributed by atoms with Gasteiger partial charge in [0.15, 0.2) is 6.29 Å². The molecule has 1 saturated heterocycles. The van der Waals surface area contributed by atoms with Crippen LogP contribution in [0.1, 0.15) is 75.2 Å². The molecule has 0 spiro atoms. The van der Waals surface area contributed by atoms with Gasteiger partial charge in [0.05, 0.1) is 12.2 Å². The normalized spacial score (nSPS) is 14.1. The van der Waals surface area contributed by atoms with Gasteiger partial charge in [0.25, 0.3) is 11.8 Å². The number of nitrogens with zero attached hydrogens (tertiary/aromatic N) is 3. The van der Waals surface area contributed by atoms with E-state index in [4.69, 9.17) is 4.98 Å². The Balaban J connectivity index is 1.01. The van der Waals surface area contributed by atoms with Crippen molar-refractivity contribution in [1.82, 2.24) is 35.9 Å². The fraction of sp³-hybridized carbons (Fsp3) is 0.171. The van der Waals surface area contributed by atoms with Crippen LogP contribution in [0.15, 0.2) is 85.3 Å². The second-order valence-electron chi connectivity index (χ2n) is 12.9. The first kappa shape index (κ1) is 34.4. The van der Waals surface area contributed by atoms with E-state index in [0.717, 1.165) is 50.2 Å². The summed E-state index contributed by atoms with van der Waals surface area (Å²) in [6.45, 7) is 4.28. The number of carbonyl (C=O) groups excluding carboxylic acids is 5. The molecule has 0 saturated carbocycles. The Kier molecular flexibility index (Phi) is 9.55. The zero-order chi connectivity index (χ0) is 37.1. The fourth-order valence-electron chi connectivity index (χ4n) is 6.29. The summed E-state index contributed by atoms with van der Waals surface area (Å²) >= 11 is 0. The zero-order valence-electron chi connectivity index (χ0n) is 28.8. The number of fused-ring (bicyclic) bond motifs is 2. The van der Waals surface area contributed by atoms with Gasteiger partial charge in [-0.05, 0) is 82.8 Å². The molecular weight excluding hydrogens is 670 g/mol. The van der Waals surface area contributed by atoms with Crippen LogP contribution in [0, 0.1) is 11.8 Å². The zero-order valence-corrected chi connectivity index (χ0v) is 28.8. The van der Waals surface area contributed by atoms with Crippen molar-refractivity contribution in [3.8, 4) is 34.2 Å². The molecule has 7 rings (SSSR count). The number of H-pyrrole nitrogens is 1. The van der Waals surface area contributed by atoms with Gasteiger partial charge in [0.1, 0.15) is 23.1 Å². The van der Waals surface area contributed by atoms with Crippen molar-refractivity contribution in [2.75, 3.05) is 6.54 Å². The van der Waals surface area contributed by atoms with Crippen molar-refractivity contribution in [1.29, 1.82) is 0 Å². The third-order valence-corrected chi connectivity index (χ3v) is 9.05. The molecular formula is C41H33N7O5. The molecule has 0 aliphatic carbocycles. The molecule has 4 N–H and O–H groups in total. The Hall–Kier alpha value is -7.00. The summed E-state index contributed by atoms with van der Waals surface area (Å²) in [6, 6.07) is 19.6. The minimum Gasteiger partial charge on any atom is -0.360 e. The van der Waals surface area contributed by atoms with E-state index in [1.54, 1.807) is 36.7 Å². The van der Waals surface area contributed by atoms with E-state index >= 15 is 0 Å². The van der Waals surface area contributed by atoms with E-state index in [9.17, 15) is 24.0 Å². The number of carbonyl (C=O) groups is 5. The van der Waals surface area contributed by atoms with Crippen LogP contribution < -0.4 is 16.0 Å². The molecule has 5 heterocycles. The summed E-state index contributed by atoms with van der Waals surface area (Å²) < 4.78 is 0. The maximum atomic E-state index is 12.8. The molecule has 12 nitrogen and oxygen atoms in total. The highest BCUT2D eigenvalue weighted by molar-refractivity contribution is 6.05. The van der Waals surface area contributed by atoms with Crippen LogP contribution in [0.3, 0.4) is 0 Å². The summed E-state index contributed by atoms with van der Waals surface area (Å²) in [7, 11) is 0.